The maximum atomic E-state index is 2.33. The first-order valence-corrected chi connectivity index (χ1v) is 15.3. The van der Waals surface area contributed by atoms with Gasteiger partial charge in [-0.05, 0) is 0 Å². The number of hydrogen-bond acceptors (Lipinski definition) is 0. The van der Waals surface area contributed by atoms with Gasteiger partial charge in [0.05, 0.1) is 0 Å². The molecular formula is C20H20F2HfSi-2. The van der Waals surface area contributed by atoms with Gasteiger partial charge < -0.3 is 9.41 Å². The van der Waals surface area contributed by atoms with Crippen LogP contribution < -0.4 is 9.41 Å². The average Bonchev–Trinajstić information content (AvgIpc) is 3.16. The van der Waals surface area contributed by atoms with E-state index in [2.05, 4.69) is 98.0 Å². The third kappa shape index (κ3) is 7.45. The van der Waals surface area contributed by atoms with Crippen molar-refractivity contribution in [3.8, 4) is 0 Å². The van der Waals surface area contributed by atoms with Crippen LogP contribution in [0, 0.1) is 0 Å². The molecule has 0 bridgehead atoms. The first kappa shape index (κ1) is 22.6. The van der Waals surface area contributed by atoms with Gasteiger partial charge >= 0.3 is 41.6 Å². The van der Waals surface area contributed by atoms with E-state index in [-0.39, 0.29) is 14.9 Å². The van der Waals surface area contributed by atoms with E-state index in [0.717, 1.165) is 0 Å². The Morgan fingerprint density at radius 3 is 1.33 bits per heavy atom. The third-order valence-electron chi connectivity index (χ3n) is 3.10. The Hall–Kier alpha value is -1.39. The fourth-order valence-electron chi connectivity index (χ4n) is 2.14. The Labute approximate surface area is 157 Å². The van der Waals surface area contributed by atoms with Crippen LogP contribution in [0.1, 0.15) is 0 Å². The van der Waals surface area contributed by atoms with Crippen molar-refractivity contribution in [1.29, 1.82) is 0 Å². The van der Waals surface area contributed by atoms with Crippen LogP contribution >= 0.6 is 0 Å². The molecule has 0 unspecified atom stereocenters. The van der Waals surface area contributed by atoms with E-state index in [0.29, 0.717) is 0 Å². The molecular weight excluding hydrogens is 485 g/mol. The minimum Gasteiger partial charge on any atom is -1.00 e. The molecule has 0 saturated carbocycles. The standard InChI is InChI=1S/2C9H7.C2H6Si.2FH.Hf/c2*1-2-5-9-7-3-6-8(9)4-1;1-3-2;;;/h2*1-7H;1-2H3;2*1H;/q2*-1;;;;+2/p-2. The molecule has 124 valence electrons. The number of benzene rings is 2. The molecule has 0 aromatic heterocycles. The van der Waals surface area contributed by atoms with E-state index in [1.165, 1.54) is 44.5 Å². The second kappa shape index (κ2) is 12.0. The van der Waals surface area contributed by atoms with Gasteiger partial charge in [0.1, 0.15) is 0 Å². The van der Waals surface area contributed by atoms with Crippen molar-refractivity contribution in [3.05, 3.63) is 84.9 Å². The summed E-state index contributed by atoms with van der Waals surface area (Å²) in [5.74, 6) is 0. The van der Waals surface area contributed by atoms with E-state index in [1.807, 2.05) is 0 Å². The average molecular weight is 505 g/mol. The maximum absolute atomic E-state index is 2.33. The van der Waals surface area contributed by atoms with Crippen LogP contribution in [0.15, 0.2) is 84.9 Å². The molecule has 4 aromatic rings. The molecule has 0 radical (unpaired) electrons. The van der Waals surface area contributed by atoms with Crippen molar-refractivity contribution in [1.82, 2.24) is 0 Å². The van der Waals surface area contributed by atoms with E-state index >= 15 is 0 Å². The first-order valence-electron chi connectivity index (χ1n) is 7.39. The molecule has 0 spiro atoms. The van der Waals surface area contributed by atoms with Crippen molar-refractivity contribution >= 4 is 27.0 Å². The second-order valence-corrected chi connectivity index (χ2v) is 18.1. The van der Waals surface area contributed by atoms with Crippen molar-refractivity contribution < 1.29 is 32.4 Å². The molecule has 24 heavy (non-hydrogen) atoms. The smallest absolute Gasteiger partial charge is 0.0809 e. The van der Waals surface area contributed by atoms with Gasteiger partial charge in [0.25, 0.3) is 0 Å². The van der Waals surface area contributed by atoms with Crippen molar-refractivity contribution in [2.75, 3.05) is 0 Å². The molecule has 0 heterocycles. The summed E-state index contributed by atoms with van der Waals surface area (Å²) in [5, 5.41) is 5.32. The maximum Gasteiger partial charge on any atom is -0.0809 e. The van der Waals surface area contributed by atoms with Gasteiger partial charge in [-0.2, -0.15) is 35.0 Å². The summed E-state index contributed by atoms with van der Waals surface area (Å²) in [7, 11) is 0. The molecule has 0 fully saturated rings. The minimum absolute atomic E-state index is 0. The fraction of sp³-hybridized carbons (Fsp3) is 0.100. The Kier molecular flexibility index (Phi) is 11.3. The van der Waals surface area contributed by atoms with E-state index in [4.69, 9.17) is 0 Å². The molecule has 0 nitrogen and oxygen atoms in total. The summed E-state index contributed by atoms with van der Waals surface area (Å²) in [6.07, 6.45) is 0. The van der Waals surface area contributed by atoms with Crippen molar-refractivity contribution in [2.24, 2.45) is 0 Å². The van der Waals surface area contributed by atoms with Crippen LogP contribution in [-0.4, -0.2) is 5.49 Å². The molecule has 0 saturated heterocycles. The van der Waals surface area contributed by atoms with Crippen LogP contribution in [0.2, 0.25) is 13.1 Å². The van der Waals surface area contributed by atoms with Gasteiger partial charge in [-0.15, -0.1) is 59.3 Å². The molecule has 0 aliphatic carbocycles. The van der Waals surface area contributed by atoms with Gasteiger partial charge in [0.2, 0.25) is 0 Å². The van der Waals surface area contributed by atoms with Crippen molar-refractivity contribution in [2.45, 2.75) is 13.1 Å². The predicted molar refractivity (Wildman–Crippen MR) is 96.6 cm³/mol. The predicted octanol–water partition coefficient (Wildman–Crippen LogP) is -0.0903. The van der Waals surface area contributed by atoms with Crippen LogP contribution in [0.25, 0.3) is 21.5 Å². The Balaban J connectivity index is 0.000000341. The molecule has 0 amide bonds. The van der Waals surface area contributed by atoms with Crippen LogP contribution in [0.4, 0.5) is 0 Å². The van der Waals surface area contributed by atoms with Crippen LogP contribution in [-0.2, 0) is 23.0 Å². The Morgan fingerprint density at radius 1 is 0.667 bits per heavy atom. The van der Waals surface area contributed by atoms with Gasteiger partial charge in [-0.3, -0.25) is 0 Å². The van der Waals surface area contributed by atoms with Gasteiger partial charge in [-0.25, -0.2) is 0 Å². The zero-order valence-corrected chi connectivity index (χ0v) is 18.4. The van der Waals surface area contributed by atoms with Gasteiger partial charge in [0, 0.05) is 0 Å². The minimum atomic E-state index is 0. The SMILES string of the molecule is C[Si](C)=[Hf+2].[F-].[F-].c1ccc2[cH-]ccc2c1.c1ccc2[cH-]ccc2c1. The quantitative estimate of drug-likeness (QED) is 0.232. The third-order valence-corrected chi connectivity index (χ3v) is 3.10. The molecule has 4 rings (SSSR count). The van der Waals surface area contributed by atoms with E-state index in [9.17, 15) is 0 Å². The largest absolute Gasteiger partial charge is 1.00 e. The van der Waals surface area contributed by atoms with E-state index < -0.39 is 0 Å². The normalized spacial score (nSPS) is 8.83. The molecule has 0 N–H and O–H groups in total. The first-order chi connectivity index (χ1) is 10.7. The Bertz CT molecular complexity index is 718. The molecule has 0 aliphatic heterocycles. The zero-order valence-electron chi connectivity index (χ0n) is 13.8. The summed E-state index contributed by atoms with van der Waals surface area (Å²) in [5.41, 5.74) is 0.259. The summed E-state index contributed by atoms with van der Waals surface area (Å²) in [6, 6.07) is 29.3. The summed E-state index contributed by atoms with van der Waals surface area (Å²) in [4.78, 5) is 0. The summed E-state index contributed by atoms with van der Waals surface area (Å²) < 4.78 is 0. The van der Waals surface area contributed by atoms with Crippen molar-refractivity contribution in [3.63, 3.8) is 0 Å². The number of halogens is 2. The van der Waals surface area contributed by atoms with Gasteiger partial charge in [-0.1, -0.05) is 12.1 Å². The molecule has 0 atom stereocenters. The van der Waals surface area contributed by atoms with Crippen LogP contribution in [0.5, 0.6) is 0 Å². The topological polar surface area (TPSA) is 0 Å². The van der Waals surface area contributed by atoms with Gasteiger partial charge in [0.15, 0.2) is 0 Å². The molecule has 4 aromatic carbocycles. The summed E-state index contributed by atoms with van der Waals surface area (Å²) in [6.45, 7) is 4.66. The Morgan fingerprint density at radius 2 is 1.00 bits per heavy atom. The number of hydrogen-bond donors (Lipinski definition) is 0. The second-order valence-electron chi connectivity index (χ2n) is 5.31. The van der Waals surface area contributed by atoms with E-state index in [1.54, 1.807) is 0 Å². The van der Waals surface area contributed by atoms with Crippen LogP contribution in [0.3, 0.4) is 0 Å². The number of fused-ring (bicyclic) bond motifs is 2. The summed E-state index contributed by atoms with van der Waals surface area (Å²) >= 11 is 1.45. The molecule has 4 heteroatoms. The monoisotopic (exact) mass is 506 g/mol. The molecule has 0 aliphatic rings. The number of rotatable bonds is 0. The zero-order chi connectivity index (χ0) is 15.8. The fourth-order valence-corrected chi connectivity index (χ4v) is 2.14.